The first-order chi connectivity index (χ1) is 11.7. The molecule has 4 rings (SSSR count). The Bertz CT molecular complexity index is 786. The molecule has 0 spiro atoms. The molecule has 3 heterocycles. The largest absolute Gasteiger partial charge is 0.353 e. The molecule has 1 aromatic heterocycles. The van der Waals surface area contributed by atoms with Crippen LogP contribution in [0.2, 0.25) is 0 Å². The molecule has 1 unspecified atom stereocenters. The predicted octanol–water partition coefficient (Wildman–Crippen LogP) is 2.40. The summed E-state index contributed by atoms with van der Waals surface area (Å²) in [6.07, 6.45) is 4.64. The van der Waals surface area contributed by atoms with Gasteiger partial charge in [-0.05, 0) is 17.5 Å². The minimum Gasteiger partial charge on any atom is -0.353 e. The fourth-order valence-corrected chi connectivity index (χ4v) is 4.05. The molecule has 122 valence electrons. The number of aromatic nitrogens is 1. The van der Waals surface area contributed by atoms with E-state index >= 15 is 0 Å². The number of likely N-dealkylation sites (tertiary alicyclic amines) is 1. The second-order valence-corrected chi connectivity index (χ2v) is 7.16. The summed E-state index contributed by atoms with van der Waals surface area (Å²) in [4.78, 5) is 20.5. The smallest absolute Gasteiger partial charge is 0.231 e. The summed E-state index contributed by atoms with van der Waals surface area (Å²) in [5, 5.41) is 13.5. The quantitative estimate of drug-likeness (QED) is 0.870. The van der Waals surface area contributed by atoms with E-state index < -0.39 is 0 Å². The molecule has 0 radical (unpaired) electrons. The average molecular weight is 339 g/mol. The third-order valence-corrected chi connectivity index (χ3v) is 5.55. The summed E-state index contributed by atoms with van der Waals surface area (Å²) < 4.78 is 0. The van der Waals surface area contributed by atoms with Gasteiger partial charge in [-0.3, -0.25) is 4.79 Å². The number of thiazole rings is 1. The zero-order valence-corrected chi connectivity index (χ0v) is 13.9. The van der Waals surface area contributed by atoms with Crippen LogP contribution in [0.4, 0.5) is 10.1 Å². The normalized spacial score (nSPS) is 19.2. The van der Waals surface area contributed by atoms with Gasteiger partial charge in [-0.1, -0.05) is 35.6 Å². The van der Waals surface area contributed by atoms with Gasteiger partial charge >= 0.3 is 0 Å². The van der Waals surface area contributed by atoms with Crippen LogP contribution < -0.4 is 10.2 Å². The third-order valence-electron chi connectivity index (χ3n) is 4.58. The van der Waals surface area contributed by atoms with Crippen LogP contribution in [-0.4, -0.2) is 28.9 Å². The van der Waals surface area contributed by atoms with E-state index in [4.69, 9.17) is 5.26 Å². The summed E-state index contributed by atoms with van der Waals surface area (Å²) >= 11 is 1.50. The number of nitrogens with zero attached hydrogens (tertiary/aromatic N) is 4. The van der Waals surface area contributed by atoms with Crippen molar-refractivity contribution in [3.05, 3.63) is 41.6 Å². The minimum atomic E-state index is -0.131. The van der Waals surface area contributed by atoms with Crippen molar-refractivity contribution >= 4 is 27.4 Å². The van der Waals surface area contributed by atoms with Crippen LogP contribution >= 0.6 is 11.3 Å². The summed E-state index contributed by atoms with van der Waals surface area (Å²) in [5.74, 6) is -0.175. The lowest BCUT2D eigenvalue weighted by molar-refractivity contribution is -0.119. The van der Waals surface area contributed by atoms with Crippen molar-refractivity contribution in [1.29, 1.82) is 5.26 Å². The van der Waals surface area contributed by atoms with E-state index in [0.717, 1.165) is 24.5 Å². The molecule has 2 aliphatic heterocycles. The van der Waals surface area contributed by atoms with E-state index in [-0.39, 0.29) is 11.8 Å². The van der Waals surface area contributed by atoms with Gasteiger partial charge in [-0.15, -0.1) is 0 Å². The van der Waals surface area contributed by atoms with Crippen molar-refractivity contribution in [1.82, 2.24) is 9.88 Å². The molecule has 0 bridgehead atoms. The Morgan fingerprint density at radius 3 is 2.75 bits per heavy atom. The molecule has 24 heavy (non-hydrogen) atoms. The number of hydrogen-bond acceptors (Lipinski definition) is 6. The summed E-state index contributed by atoms with van der Waals surface area (Å²) in [5.41, 5.74) is 2.69. The fraction of sp³-hybridized carbons (Fsp3) is 0.353. The molecule has 7 heteroatoms. The lowest BCUT2D eigenvalue weighted by Crippen LogP contribution is -2.25. The van der Waals surface area contributed by atoms with Gasteiger partial charge in [0.05, 0.1) is 12.1 Å². The second-order valence-electron chi connectivity index (χ2n) is 6.15. The van der Waals surface area contributed by atoms with Gasteiger partial charge in [0.2, 0.25) is 5.91 Å². The number of nitriles is 1. The Morgan fingerprint density at radius 1 is 1.33 bits per heavy atom. The van der Waals surface area contributed by atoms with Gasteiger partial charge in [-0.25, -0.2) is 4.98 Å². The summed E-state index contributed by atoms with van der Waals surface area (Å²) in [6.45, 7) is 2.92. The highest BCUT2D eigenvalue weighted by Gasteiger charge is 2.28. The summed E-state index contributed by atoms with van der Waals surface area (Å²) in [7, 11) is 0. The predicted molar refractivity (Wildman–Crippen MR) is 92.4 cm³/mol. The van der Waals surface area contributed by atoms with Crippen LogP contribution in [0.5, 0.6) is 0 Å². The Balaban J connectivity index is 1.39. The zero-order valence-electron chi connectivity index (χ0n) is 13.1. The van der Waals surface area contributed by atoms with Gasteiger partial charge in [0, 0.05) is 26.2 Å². The molecule has 0 saturated carbocycles. The van der Waals surface area contributed by atoms with Gasteiger partial charge in [-0.2, -0.15) is 5.26 Å². The monoisotopic (exact) mass is 339 g/mol. The van der Waals surface area contributed by atoms with Crippen LogP contribution in [0, 0.1) is 17.4 Å². The van der Waals surface area contributed by atoms with Crippen molar-refractivity contribution in [2.45, 2.75) is 19.5 Å². The molecule has 2 aliphatic rings. The Hall–Kier alpha value is -2.59. The van der Waals surface area contributed by atoms with Crippen molar-refractivity contribution in [3.8, 4) is 6.19 Å². The molecule has 1 amide bonds. The highest BCUT2D eigenvalue weighted by Crippen LogP contribution is 2.34. The van der Waals surface area contributed by atoms with Gasteiger partial charge < -0.3 is 15.1 Å². The highest BCUT2D eigenvalue weighted by molar-refractivity contribution is 7.19. The van der Waals surface area contributed by atoms with Gasteiger partial charge in [0.25, 0.3) is 0 Å². The van der Waals surface area contributed by atoms with E-state index in [1.807, 2.05) is 6.20 Å². The Morgan fingerprint density at radius 2 is 2.08 bits per heavy atom. The van der Waals surface area contributed by atoms with E-state index in [1.54, 1.807) is 4.90 Å². The van der Waals surface area contributed by atoms with Gasteiger partial charge in [0.1, 0.15) is 5.00 Å². The molecule has 1 N–H and O–H groups in total. The first-order valence-electron chi connectivity index (χ1n) is 7.96. The minimum absolute atomic E-state index is 0.0432. The molecule has 2 aromatic rings. The third kappa shape index (κ3) is 2.81. The molecular formula is C17H17N5OS. The Labute approximate surface area is 144 Å². The van der Waals surface area contributed by atoms with E-state index in [9.17, 15) is 4.79 Å². The second kappa shape index (κ2) is 6.13. The molecule has 6 nitrogen and oxygen atoms in total. The lowest BCUT2D eigenvalue weighted by atomic mass is 10.1. The van der Waals surface area contributed by atoms with Crippen molar-refractivity contribution in [2.24, 2.45) is 5.92 Å². The number of nitrogens with one attached hydrogen (secondary N) is 1. The molecule has 1 fully saturated rings. The number of benzene rings is 1. The maximum Gasteiger partial charge on any atom is 0.231 e. The Kier molecular flexibility index (Phi) is 3.82. The molecule has 1 atom stereocenters. The van der Waals surface area contributed by atoms with Crippen LogP contribution in [0.1, 0.15) is 17.5 Å². The lowest BCUT2D eigenvalue weighted by Gasteiger charge is -2.13. The molecule has 1 saturated heterocycles. The molecule has 1 aromatic carbocycles. The van der Waals surface area contributed by atoms with Crippen LogP contribution in [-0.2, 0) is 17.9 Å². The van der Waals surface area contributed by atoms with Crippen LogP contribution in [0.15, 0.2) is 30.5 Å². The SMILES string of the molecule is N#CN1CCC(C(=O)Nc2ncc(N3Cc4ccccc4C3)s2)C1. The van der Waals surface area contributed by atoms with Crippen molar-refractivity contribution < 1.29 is 4.79 Å². The van der Waals surface area contributed by atoms with E-state index in [0.29, 0.717) is 18.2 Å². The average Bonchev–Trinajstić information content (AvgIpc) is 3.32. The van der Waals surface area contributed by atoms with E-state index in [2.05, 4.69) is 45.7 Å². The van der Waals surface area contributed by atoms with Gasteiger partial charge in [0.15, 0.2) is 11.3 Å². The number of carbonyl (C=O) groups is 1. The number of rotatable bonds is 3. The maximum atomic E-state index is 12.3. The van der Waals surface area contributed by atoms with E-state index in [1.165, 1.54) is 22.5 Å². The standard InChI is InChI=1S/C17H17N5OS/c18-11-21-6-5-14(8-21)16(23)20-17-19-7-15(24-17)22-9-12-3-1-2-4-13(12)10-22/h1-4,7,14H,5-6,8-10H2,(H,19,20,23). The number of fused-ring (bicyclic) bond motifs is 1. The fourth-order valence-electron chi connectivity index (χ4n) is 3.23. The highest BCUT2D eigenvalue weighted by atomic mass is 32.1. The molecule has 0 aliphatic carbocycles. The topological polar surface area (TPSA) is 72.3 Å². The first-order valence-corrected chi connectivity index (χ1v) is 8.77. The zero-order chi connectivity index (χ0) is 16.5. The van der Waals surface area contributed by atoms with Crippen LogP contribution in [0.25, 0.3) is 0 Å². The number of hydrogen-bond donors (Lipinski definition) is 1. The number of anilines is 2. The molecular weight excluding hydrogens is 322 g/mol. The van der Waals surface area contributed by atoms with Crippen molar-refractivity contribution in [2.75, 3.05) is 23.3 Å². The van der Waals surface area contributed by atoms with Crippen molar-refractivity contribution in [3.63, 3.8) is 0 Å². The number of carbonyl (C=O) groups excluding carboxylic acids is 1. The number of amides is 1. The summed E-state index contributed by atoms with van der Waals surface area (Å²) in [6, 6.07) is 8.43. The maximum absolute atomic E-state index is 12.3. The van der Waals surface area contributed by atoms with Crippen LogP contribution in [0.3, 0.4) is 0 Å². The first kappa shape index (κ1) is 15.0.